The minimum Gasteiger partial charge on any atom is -0.431 e. The Balaban J connectivity index is 2.91. The second-order valence-electron chi connectivity index (χ2n) is 2.80. The van der Waals surface area contributed by atoms with Crippen molar-refractivity contribution < 1.29 is 19.4 Å². The molecular formula is C8H10O4. The zero-order chi connectivity index (χ0) is 9.30. The highest BCUT2D eigenvalue weighted by Crippen LogP contribution is 2.17. The Morgan fingerprint density at radius 3 is 2.58 bits per heavy atom. The number of hydrogen-bond acceptors (Lipinski definition) is 4. The molecule has 1 rings (SSSR count). The Bertz CT molecular complexity index is 252. The first-order valence-electron chi connectivity index (χ1n) is 3.64. The van der Waals surface area contributed by atoms with Crippen LogP contribution in [0.25, 0.3) is 0 Å². The number of cyclic esters (lactones) is 1. The van der Waals surface area contributed by atoms with Crippen molar-refractivity contribution in [1.82, 2.24) is 0 Å². The van der Waals surface area contributed by atoms with Crippen molar-refractivity contribution >= 4 is 11.8 Å². The van der Waals surface area contributed by atoms with E-state index >= 15 is 0 Å². The summed E-state index contributed by atoms with van der Waals surface area (Å²) in [6, 6.07) is 0. The van der Waals surface area contributed by atoms with Crippen LogP contribution >= 0.6 is 0 Å². The van der Waals surface area contributed by atoms with Crippen molar-refractivity contribution in [3.63, 3.8) is 0 Å². The highest BCUT2D eigenvalue weighted by Gasteiger charge is 2.34. The van der Waals surface area contributed by atoms with Gasteiger partial charge in [0.15, 0.2) is 5.78 Å². The van der Waals surface area contributed by atoms with Gasteiger partial charge in [-0.05, 0) is 13.8 Å². The van der Waals surface area contributed by atoms with Crippen LogP contribution in [0.3, 0.4) is 0 Å². The van der Waals surface area contributed by atoms with Crippen LogP contribution in [0.2, 0.25) is 0 Å². The predicted octanol–water partition coefficient (Wildman–Crippen LogP) is 0.0131. The zero-order valence-electron chi connectivity index (χ0n) is 6.90. The average Bonchev–Trinajstić information content (AvgIpc) is 1.82. The van der Waals surface area contributed by atoms with Gasteiger partial charge < -0.3 is 9.84 Å². The van der Waals surface area contributed by atoms with Gasteiger partial charge in [-0.15, -0.1) is 0 Å². The number of esters is 1. The zero-order valence-corrected chi connectivity index (χ0v) is 6.90. The largest absolute Gasteiger partial charge is 0.431 e. The summed E-state index contributed by atoms with van der Waals surface area (Å²) in [6.45, 7) is 2.91. The van der Waals surface area contributed by atoms with Crippen molar-refractivity contribution in [3.8, 4) is 0 Å². The molecule has 0 saturated carbocycles. The monoisotopic (exact) mass is 170 g/mol. The lowest BCUT2D eigenvalue weighted by molar-refractivity contribution is -0.153. The maximum absolute atomic E-state index is 11.1. The number of hydrogen-bond donors (Lipinski definition) is 1. The Labute approximate surface area is 69.8 Å². The van der Waals surface area contributed by atoms with Crippen LogP contribution in [0.4, 0.5) is 0 Å². The summed E-state index contributed by atoms with van der Waals surface area (Å²) in [5.41, 5.74) is 0. The molecule has 66 valence electrons. The number of rotatable bonds is 1. The van der Waals surface area contributed by atoms with E-state index in [4.69, 9.17) is 5.11 Å². The lowest BCUT2D eigenvalue weighted by atomic mass is 9.96. The molecule has 0 amide bonds. The number of aliphatic hydroxyl groups is 1. The summed E-state index contributed by atoms with van der Waals surface area (Å²) in [7, 11) is 0. The summed E-state index contributed by atoms with van der Waals surface area (Å²) in [5, 5.41) is 9.05. The van der Waals surface area contributed by atoms with Crippen molar-refractivity contribution in [2.75, 3.05) is 0 Å². The van der Waals surface area contributed by atoms with E-state index in [0.717, 1.165) is 0 Å². The number of allylic oxidation sites excluding steroid dienone is 2. The highest BCUT2D eigenvalue weighted by atomic mass is 16.5. The molecule has 0 aliphatic carbocycles. The van der Waals surface area contributed by atoms with Gasteiger partial charge in [-0.2, -0.15) is 0 Å². The molecule has 12 heavy (non-hydrogen) atoms. The summed E-state index contributed by atoms with van der Waals surface area (Å²) in [4.78, 5) is 22.1. The van der Waals surface area contributed by atoms with Gasteiger partial charge >= 0.3 is 5.97 Å². The quantitative estimate of drug-likeness (QED) is 0.445. The topological polar surface area (TPSA) is 63.6 Å². The Morgan fingerprint density at radius 1 is 1.58 bits per heavy atom. The molecular weight excluding hydrogens is 160 g/mol. The standard InChI is InChI=1S/C8H10O4/c1-4-3-6(10)7(5(2)9)8(11)12-4/h3,5,7,9H,1-2H3. The summed E-state index contributed by atoms with van der Waals surface area (Å²) < 4.78 is 4.67. The van der Waals surface area contributed by atoms with E-state index in [1.165, 1.54) is 19.9 Å². The molecule has 0 aromatic rings. The number of aliphatic hydroxyl groups excluding tert-OH is 1. The van der Waals surface area contributed by atoms with Crippen LogP contribution in [0.5, 0.6) is 0 Å². The van der Waals surface area contributed by atoms with E-state index < -0.39 is 23.8 Å². The van der Waals surface area contributed by atoms with Crippen molar-refractivity contribution in [2.45, 2.75) is 20.0 Å². The SMILES string of the molecule is CC1=CC(=O)C(C(C)O)C(=O)O1. The molecule has 0 bridgehead atoms. The number of carbonyl (C=O) groups is 2. The highest BCUT2D eigenvalue weighted by molar-refractivity contribution is 6.07. The van der Waals surface area contributed by atoms with Gasteiger partial charge in [0.05, 0.1) is 6.10 Å². The van der Waals surface area contributed by atoms with E-state index in [1.807, 2.05) is 0 Å². The van der Waals surface area contributed by atoms with E-state index in [2.05, 4.69) is 4.74 Å². The molecule has 1 aliphatic rings. The fourth-order valence-electron chi connectivity index (χ4n) is 1.09. The molecule has 0 fully saturated rings. The first-order valence-corrected chi connectivity index (χ1v) is 3.64. The van der Waals surface area contributed by atoms with Gasteiger partial charge in [0.2, 0.25) is 0 Å². The van der Waals surface area contributed by atoms with E-state index in [-0.39, 0.29) is 5.76 Å². The smallest absolute Gasteiger partial charge is 0.324 e. The summed E-state index contributed by atoms with van der Waals surface area (Å²) >= 11 is 0. The summed E-state index contributed by atoms with van der Waals surface area (Å²) in [5.74, 6) is -1.83. The minimum atomic E-state index is -1.05. The van der Waals surface area contributed by atoms with Crippen LogP contribution in [-0.4, -0.2) is 23.0 Å². The molecule has 0 radical (unpaired) electrons. The maximum Gasteiger partial charge on any atom is 0.324 e. The molecule has 2 unspecified atom stereocenters. The fourth-order valence-corrected chi connectivity index (χ4v) is 1.09. The third kappa shape index (κ3) is 1.53. The van der Waals surface area contributed by atoms with Gasteiger partial charge in [-0.3, -0.25) is 9.59 Å². The first-order chi connectivity index (χ1) is 5.52. The van der Waals surface area contributed by atoms with Gasteiger partial charge in [-0.25, -0.2) is 0 Å². The molecule has 0 spiro atoms. The molecule has 4 nitrogen and oxygen atoms in total. The molecule has 1 heterocycles. The van der Waals surface area contributed by atoms with Crippen molar-refractivity contribution in [3.05, 3.63) is 11.8 Å². The number of ketones is 1. The first kappa shape index (κ1) is 8.93. The van der Waals surface area contributed by atoms with Crippen molar-refractivity contribution in [2.24, 2.45) is 5.92 Å². The molecule has 0 aromatic carbocycles. The van der Waals surface area contributed by atoms with Crippen LogP contribution in [0.15, 0.2) is 11.8 Å². The molecule has 0 saturated heterocycles. The van der Waals surface area contributed by atoms with Crippen LogP contribution in [0.1, 0.15) is 13.8 Å². The van der Waals surface area contributed by atoms with Crippen LogP contribution in [0, 0.1) is 5.92 Å². The van der Waals surface area contributed by atoms with Crippen molar-refractivity contribution in [1.29, 1.82) is 0 Å². The second-order valence-corrected chi connectivity index (χ2v) is 2.80. The number of ether oxygens (including phenoxy) is 1. The van der Waals surface area contributed by atoms with Gasteiger partial charge in [-0.1, -0.05) is 0 Å². The predicted molar refractivity (Wildman–Crippen MR) is 40.0 cm³/mol. The second kappa shape index (κ2) is 3.06. The van der Waals surface area contributed by atoms with Gasteiger partial charge in [0.1, 0.15) is 11.7 Å². The number of carbonyl (C=O) groups excluding carboxylic acids is 2. The Morgan fingerprint density at radius 2 is 2.17 bits per heavy atom. The van der Waals surface area contributed by atoms with Crippen LogP contribution in [-0.2, 0) is 14.3 Å². The van der Waals surface area contributed by atoms with E-state index in [1.54, 1.807) is 0 Å². The lowest BCUT2D eigenvalue weighted by Gasteiger charge is -2.19. The lowest BCUT2D eigenvalue weighted by Crippen LogP contribution is -2.36. The van der Waals surface area contributed by atoms with Crippen LogP contribution < -0.4 is 0 Å². The molecule has 4 heteroatoms. The fraction of sp³-hybridized carbons (Fsp3) is 0.500. The Kier molecular flexibility index (Phi) is 2.28. The maximum atomic E-state index is 11.1. The van der Waals surface area contributed by atoms with Gasteiger partial charge in [0.25, 0.3) is 0 Å². The molecule has 0 aromatic heterocycles. The van der Waals surface area contributed by atoms with E-state index in [9.17, 15) is 9.59 Å². The molecule has 1 N–H and O–H groups in total. The Hall–Kier alpha value is -1.16. The summed E-state index contributed by atoms with van der Waals surface area (Å²) in [6.07, 6.45) is 0.230. The van der Waals surface area contributed by atoms with E-state index in [0.29, 0.717) is 0 Å². The third-order valence-electron chi connectivity index (χ3n) is 1.65. The normalized spacial score (nSPS) is 26.2. The average molecular weight is 170 g/mol. The third-order valence-corrected chi connectivity index (χ3v) is 1.65. The molecule has 1 aliphatic heterocycles. The van der Waals surface area contributed by atoms with Gasteiger partial charge in [0, 0.05) is 6.08 Å². The molecule has 2 atom stereocenters. The minimum absolute atomic E-state index is 0.280.